The zero-order valence-electron chi connectivity index (χ0n) is 14.2. The van der Waals surface area contributed by atoms with E-state index in [1.165, 1.54) is 17.7 Å². The normalized spacial score (nSPS) is 20.1. The molecule has 0 amide bonds. The quantitative estimate of drug-likeness (QED) is 0.930. The summed E-state index contributed by atoms with van der Waals surface area (Å²) in [5.74, 6) is 0.151. The van der Waals surface area contributed by atoms with E-state index in [0.29, 0.717) is 0 Å². The molecule has 0 spiro atoms. The van der Waals surface area contributed by atoms with E-state index in [1.54, 1.807) is 0 Å². The van der Waals surface area contributed by atoms with E-state index in [1.807, 2.05) is 24.3 Å². The number of anilines is 1. The lowest BCUT2D eigenvalue weighted by atomic mass is 9.94. The molecule has 0 radical (unpaired) electrons. The Bertz CT molecular complexity index is 852. The molecule has 1 aromatic heterocycles. The topological polar surface area (TPSA) is 66.3 Å². The van der Waals surface area contributed by atoms with Gasteiger partial charge in [0.25, 0.3) is 0 Å². The molecule has 2 aliphatic carbocycles. The summed E-state index contributed by atoms with van der Waals surface area (Å²) in [5.41, 5.74) is 4.85. The maximum atomic E-state index is 11.5. The molecule has 2 aromatic rings. The number of carboxylic acid groups (broad SMARTS) is 1. The number of aryl methyl sites for hydroxylation is 1. The van der Waals surface area contributed by atoms with Gasteiger partial charge in [-0.25, -0.2) is 9.97 Å². The second-order valence-corrected chi connectivity index (χ2v) is 7.46. The molecule has 0 atom stereocenters. The minimum absolute atomic E-state index is 0.644. The smallest absolute Gasteiger partial charge is 0.314 e. The van der Waals surface area contributed by atoms with Gasteiger partial charge in [0.05, 0.1) is 11.1 Å². The fraction of sp³-hybridized carbons (Fsp3) is 0.450. The fourth-order valence-electron chi connectivity index (χ4n) is 4.01. The van der Waals surface area contributed by atoms with Crippen LogP contribution in [-0.4, -0.2) is 34.1 Å². The monoisotopic (exact) mass is 335 g/mol. The summed E-state index contributed by atoms with van der Waals surface area (Å²) < 4.78 is 0. The summed E-state index contributed by atoms with van der Waals surface area (Å²) in [5, 5.41) is 9.48. The van der Waals surface area contributed by atoms with Crippen LogP contribution < -0.4 is 4.90 Å². The van der Waals surface area contributed by atoms with Crippen LogP contribution in [0, 0.1) is 0 Å². The highest BCUT2D eigenvalue weighted by atomic mass is 16.4. The van der Waals surface area contributed by atoms with Gasteiger partial charge in [-0.05, 0) is 44.1 Å². The first-order chi connectivity index (χ1) is 12.2. The predicted octanol–water partition coefficient (Wildman–Crippen LogP) is 2.96. The van der Waals surface area contributed by atoms with Crippen LogP contribution in [0.3, 0.4) is 0 Å². The van der Waals surface area contributed by atoms with Crippen molar-refractivity contribution in [1.29, 1.82) is 0 Å². The minimum Gasteiger partial charge on any atom is -0.481 e. The number of aromatic nitrogens is 2. The SMILES string of the molecule is O=C(O)C1(c2ccc(-c3nc(N4CCC4)nc4c3CCC4)cc2)CC1. The number of fused-ring (bicyclic) bond motifs is 1. The first kappa shape index (κ1) is 14.9. The van der Waals surface area contributed by atoms with Crippen LogP contribution in [0.5, 0.6) is 0 Å². The van der Waals surface area contributed by atoms with Crippen molar-refractivity contribution in [3.63, 3.8) is 0 Å². The van der Waals surface area contributed by atoms with Crippen LogP contribution in [0.25, 0.3) is 11.3 Å². The second kappa shape index (κ2) is 5.28. The van der Waals surface area contributed by atoms with E-state index in [4.69, 9.17) is 9.97 Å². The van der Waals surface area contributed by atoms with Gasteiger partial charge in [0.15, 0.2) is 0 Å². The summed E-state index contributed by atoms with van der Waals surface area (Å²) in [7, 11) is 0. The lowest BCUT2D eigenvalue weighted by Crippen LogP contribution is -2.38. The third kappa shape index (κ3) is 2.25. The van der Waals surface area contributed by atoms with Crippen LogP contribution in [-0.2, 0) is 23.1 Å². The number of hydrogen-bond acceptors (Lipinski definition) is 4. The van der Waals surface area contributed by atoms with Crippen LogP contribution in [0.1, 0.15) is 42.5 Å². The fourth-order valence-corrected chi connectivity index (χ4v) is 4.01. The van der Waals surface area contributed by atoms with Gasteiger partial charge in [0.1, 0.15) is 0 Å². The highest BCUT2D eigenvalue weighted by molar-refractivity contribution is 5.85. The van der Waals surface area contributed by atoms with E-state index in [2.05, 4.69) is 4.90 Å². The molecule has 1 aliphatic heterocycles. The third-order valence-corrected chi connectivity index (χ3v) is 5.93. The molecule has 5 nitrogen and oxygen atoms in total. The Balaban J connectivity index is 1.54. The zero-order chi connectivity index (χ0) is 17.0. The van der Waals surface area contributed by atoms with Crippen LogP contribution in [0.4, 0.5) is 5.95 Å². The van der Waals surface area contributed by atoms with Gasteiger partial charge in [-0.2, -0.15) is 0 Å². The molecule has 0 unspecified atom stereocenters. The molecule has 3 aliphatic rings. The third-order valence-electron chi connectivity index (χ3n) is 5.93. The van der Waals surface area contributed by atoms with Gasteiger partial charge < -0.3 is 10.0 Å². The van der Waals surface area contributed by atoms with E-state index in [9.17, 15) is 9.90 Å². The van der Waals surface area contributed by atoms with Crippen molar-refractivity contribution in [2.45, 2.75) is 43.9 Å². The summed E-state index contributed by atoms with van der Waals surface area (Å²) in [6.07, 6.45) is 5.90. The highest BCUT2D eigenvalue weighted by Crippen LogP contribution is 2.48. The standard InChI is InChI=1S/C20H21N3O2/c24-18(25)20(9-10-20)14-7-5-13(6-8-14)17-15-3-1-4-16(15)21-19(22-17)23-11-2-12-23/h5-8H,1-4,9-12H2,(H,24,25). The molecule has 1 saturated carbocycles. The minimum atomic E-state index is -0.705. The number of carboxylic acids is 1. The summed E-state index contributed by atoms with van der Waals surface area (Å²) in [6, 6.07) is 8.03. The lowest BCUT2D eigenvalue weighted by molar-refractivity contribution is -0.140. The maximum absolute atomic E-state index is 11.5. The maximum Gasteiger partial charge on any atom is 0.314 e. The Kier molecular flexibility index (Phi) is 3.14. The van der Waals surface area contributed by atoms with E-state index < -0.39 is 11.4 Å². The number of benzene rings is 1. The van der Waals surface area contributed by atoms with Crippen LogP contribution in [0.2, 0.25) is 0 Å². The van der Waals surface area contributed by atoms with Crippen molar-refractivity contribution >= 4 is 11.9 Å². The van der Waals surface area contributed by atoms with Gasteiger partial charge in [-0.15, -0.1) is 0 Å². The molecular weight excluding hydrogens is 314 g/mol. The molecule has 25 heavy (non-hydrogen) atoms. The number of aliphatic carboxylic acids is 1. The van der Waals surface area contributed by atoms with Gasteiger partial charge in [0.2, 0.25) is 5.95 Å². The first-order valence-electron chi connectivity index (χ1n) is 9.16. The number of hydrogen-bond donors (Lipinski definition) is 1. The molecule has 1 aromatic carbocycles. The zero-order valence-corrected chi connectivity index (χ0v) is 14.2. The molecule has 1 N–H and O–H groups in total. The van der Waals surface area contributed by atoms with Crippen molar-refractivity contribution in [1.82, 2.24) is 9.97 Å². The number of carbonyl (C=O) groups is 1. The lowest BCUT2D eigenvalue weighted by Gasteiger charge is -2.31. The largest absolute Gasteiger partial charge is 0.481 e. The van der Waals surface area contributed by atoms with Gasteiger partial charge in [-0.1, -0.05) is 24.3 Å². The number of nitrogens with zero attached hydrogens (tertiary/aromatic N) is 3. The molecule has 1 saturated heterocycles. The highest BCUT2D eigenvalue weighted by Gasteiger charge is 2.51. The van der Waals surface area contributed by atoms with Crippen molar-refractivity contribution in [3.05, 3.63) is 41.1 Å². The van der Waals surface area contributed by atoms with Crippen molar-refractivity contribution < 1.29 is 9.90 Å². The summed E-state index contributed by atoms with van der Waals surface area (Å²) in [4.78, 5) is 23.4. The second-order valence-electron chi connectivity index (χ2n) is 7.46. The Hall–Kier alpha value is -2.43. The first-order valence-corrected chi connectivity index (χ1v) is 9.16. The molecule has 5 heteroatoms. The molecule has 0 bridgehead atoms. The van der Waals surface area contributed by atoms with Gasteiger partial charge in [-0.3, -0.25) is 4.79 Å². The Morgan fingerprint density at radius 3 is 2.40 bits per heavy atom. The van der Waals surface area contributed by atoms with Crippen molar-refractivity contribution in [2.24, 2.45) is 0 Å². The summed E-state index contributed by atoms with van der Waals surface area (Å²) >= 11 is 0. The average Bonchev–Trinajstić information content (AvgIpc) is 3.25. The van der Waals surface area contributed by atoms with Crippen molar-refractivity contribution in [2.75, 3.05) is 18.0 Å². The van der Waals surface area contributed by atoms with E-state index >= 15 is 0 Å². The van der Waals surface area contributed by atoms with E-state index in [0.717, 1.165) is 68.0 Å². The van der Waals surface area contributed by atoms with Gasteiger partial charge in [0, 0.05) is 29.9 Å². The van der Waals surface area contributed by atoms with Crippen LogP contribution in [0.15, 0.2) is 24.3 Å². The summed E-state index contributed by atoms with van der Waals surface area (Å²) in [6.45, 7) is 2.08. The molecule has 5 rings (SSSR count). The number of rotatable bonds is 4. The molecule has 128 valence electrons. The Morgan fingerprint density at radius 2 is 1.80 bits per heavy atom. The average molecular weight is 335 g/mol. The molecule has 2 heterocycles. The molecular formula is C20H21N3O2. The Labute approximate surface area is 146 Å². The molecule has 2 fully saturated rings. The van der Waals surface area contributed by atoms with E-state index in [-0.39, 0.29) is 0 Å². The Morgan fingerprint density at radius 1 is 1.04 bits per heavy atom. The van der Waals surface area contributed by atoms with Crippen LogP contribution >= 0.6 is 0 Å². The van der Waals surface area contributed by atoms with Gasteiger partial charge >= 0.3 is 5.97 Å². The van der Waals surface area contributed by atoms with Crippen molar-refractivity contribution in [3.8, 4) is 11.3 Å². The predicted molar refractivity (Wildman–Crippen MR) is 94.9 cm³/mol.